The highest BCUT2D eigenvalue weighted by Gasteiger charge is 2.11. The minimum atomic E-state index is 0.203. The fourth-order valence-corrected chi connectivity index (χ4v) is 1.42. The summed E-state index contributed by atoms with van der Waals surface area (Å²) in [6, 6.07) is 0. The van der Waals surface area contributed by atoms with Crippen molar-refractivity contribution in [3.63, 3.8) is 0 Å². The molecule has 1 saturated heterocycles. The van der Waals surface area contributed by atoms with E-state index in [-0.39, 0.29) is 5.91 Å². The molecule has 1 heterocycles. The van der Waals surface area contributed by atoms with Gasteiger partial charge in [0, 0.05) is 26.1 Å². The van der Waals surface area contributed by atoms with Gasteiger partial charge in [-0.25, -0.2) is 0 Å². The molecule has 1 aliphatic heterocycles. The third kappa shape index (κ3) is 3.22. The Kier molecular flexibility index (Phi) is 4.08. The molecule has 70 valence electrons. The van der Waals surface area contributed by atoms with Crippen molar-refractivity contribution >= 4 is 5.91 Å². The van der Waals surface area contributed by atoms with Crippen molar-refractivity contribution in [2.24, 2.45) is 0 Å². The van der Waals surface area contributed by atoms with Gasteiger partial charge in [-0.3, -0.25) is 4.79 Å². The van der Waals surface area contributed by atoms with Crippen LogP contribution in [0.3, 0.4) is 0 Å². The van der Waals surface area contributed by atoms with Crippen LogP contribution >= 0.6 is 0 Å². The third-order valence-electron chi connectivity index (χ3n) is 2.23. The zero-order chi connectivity index (χ0) is 8.81. The lowest BCUT2D eigenvalue weighted by Gasteiger charge is -2.17. The normalized spacial score (nSPS) is 20.2. The van der Waals surface area contributed by atoms with Crippen LogP contribution in [-0.4, -0.2) is 37.0 Å². The molecular formula is C9H18N2O. The number of amides is 1. The van der Waals surface area contributed by atoms with Crippen molar-refractivity contribution in [3.8, 4) is 0 Å². The summed E-state index contributed by atoms with van der Waals surface area (Å²) in [7, 11) is 0. The Morgan fingerprint density at radius 3 is 3.08 bits per heavy atom. The fourth-order valence-electron chi connectivity index (χ4n) is 1.42. The molecular weight excluding hydrogens is 152 g/mol. The number of hydrogen-bond acceptors (Lipinski definition) is 2. The molecule has 0 spiro atoms. The highest BCUT2D eigenvalue weighted by molar-refractivity contribution is 5.76. The summed E-state index contributed by atoms with van der Waals surface area (Å²) in [6.45, 7) is 6.12. The van der Waals surface area contributed by atoms with Crippen LogP contribution in [0.15, 0.2) is 0 Å². The highest BCUT2D eigenvalue weighted by atomic mass is 16.1. The average molecular weight is 170 g/mol. The molecule has 0 aliphatic carbocycles. The first kappa shape index (κ1) is 9.52. The number of carbonyl (C=O) groups excluding carboxylic acids is 1. The molecule has 0 aromatic carbocycles. The van der Waals surface area contributed by atoms with Crippen molar-refractivity contribution in [2.75, 3.05) is 26.2 Å². The van der Waals surface area contributed by atoms with E-state index in [1.54, 1.807) is 0 Å². The molecule has 1 amide bonds. The van der Waals surface area contributed by atoms with E-state index >= 15 is 0 Å². The van der Waals surface area contributed by atoms with Crippen LogP contribution in [0.25, 0.3) is 0 Å². The molecule has 3 nitrogen and oxygen atoms in total. The molecule has 1 fully saturated rings. The van der Waals surface area contributed by atoms with Gasteiger partial charge in [0.05, 0.1) is 0 Å². The van der Waals surface area contributed by atoms with E-state index < -0.39 is 0 Å². The summed E-state index contributed by atoms with van der Waals surface area (Å²) in [4.78, 5) is 13.3. The van der Waals surface area contributed by atoms with E-state index in [0.29, 0.717) is 6.42 Å². The molecule has 3 heteroatoms. The maximum absolute atomic E-state index is 11.0. The smallest absolute Gasteiger partial charge is 0.221 e. The molecule has 0 bridgehead atoms. The number of unbranched alkanes of at least 4 members (excludes halogenated alkanes) is 1. The second kappa shape index (κ2) is 5.14. The summed E-state index contributed by atoms with van der Waals surface area (Å²) >= 11 is 0. The van der Waals surface area contributed by atoms with Gasteiger partial charge in [0.15, 0.2) is 0 Å². The molecule has 0 saturated carbocycles. The standard InChI is InChI=1S/C9H18N2O/c1-2-3-6-11-7-4-9(12)10-5-8-11/h2-8H2,1H3,(H,10,12). The Labute approximate surface area is 74.1 Å². The summed E-state index contributed by atoms with van der Waals surface area (Å²) in [5.74, 6) is 0.203. The monoisotopic (exact) mass is 170 g/mol. The quantitative estimate of drug-likeness (QED) is 0.673. The van der Waals surface area contributed by atoms with Crippen LogP contribution in [0.1, 0.15) is 26.2 Å². The summed E-state index contributed by atoms with van der Waals surface area (Å²) in [6.07, 6.45) is 3.15. The first-order chi connectivity index (χ1) is 5.83. The Hall–Kier alpha value is -0.570. The summed E-state index contributed by atoms with van der Waals surface area (Å²) in [5.41, 5.74) is 0. The van der Waals surface area contributed by atoms with Gasteiger partial charge in [-0.05, 0) is 13.0 Å². The van der Waals surface area contributed by atoms with Crippen molar-refractivity contribution in [3.05, 3.63) is 0 Å². The van der Waals surface area contributed by atoms with Crippen molar-refractivity contribution in [2.45, 2.75) is 26.2 Å². The van der Waals surface area contributed by atoms with Crippen LogP contribution in [0.5, 0.6) is 0 Å². The van der Waals surface area contributed by atoms with E-state index in [1.807, 2.05) is 0 Å². The molecule has 0 aromatic rings. The molecule has 12 heavy (non-hydrogen) atoms. The summed E-state index contributed by atoms with van der Waals surface area (Å²) < 4.78 is 0. The van der Waals surface area contributed by atoms with Crippen LogP contribution in [0, 0.1) is 0 Å². The van der Waals surface area contributed by atoms with E-state index in [2.05, 4.69) is 17.1 Å². The lowest BCUT2D eigenvalue weighted by atomic mass is 10.3. The number of nitrogens with zero attached hydrogens (tertiary/aromatic N) is 1. The predicted molar refractivity (Wildman–Crippen MR) is 49.0 cm³/mol. The molecule has 1 rings (SSSR count). The van der Waals surface area contributed by atoms with Gasteiger partial charge in [-0.1, -0.05) is 13.3 Å². The maximum Gasteiger partial charge on any atom is 0.221 e. The van der Waals surface area contributed by atoms with E-state index in [9.17, 15) is 4.79 Å². The average Bonchev–Trinajstić information content (AvgIpc) is 2.27. The van der Waals surface area contributed by atoms with Crippen LogP contribution in [0.2, 0.25) is 0 Å². The van der Waals surface area contributed by atoms with E-state index in [0.717, 1.165) is 26.2 Å². The lowest BCUT2D eigenvalue weighted by molar-refractivity contribution is -0.120. The second-order valence-electron chi connectivity index (χ2n) is 3.30. The first-order valence-electron chi connectivity index (χ1n) is 4.82. The molecule has 1 aliphatic rings. The lowest BCUT2D eigenvalue weighted by Crippen LogP contribution is -2.29. The van der Waals surface area contributed by atoms with Gasteiger partial charge >= 0.3 is 0 Å². The van der Waals surface area contributed by atoms with Gasteiger partial charge in [-0.15, -0.1) is 0 Å². The van der Waals surface area contributed by atoms with E-state index in [1.165, 1.54) is 12.8 Å². The second-order valence-corrected chi connectivity index (χ2v) is 3.30. The van der Waals surface area contributed by atoms with Gasteiger partial charge in [0.25, 0.3) is 0 Å². The van der Waals surface area contributed by atoms with Crippen LogP contribution in [-0.2, 0) is 4.79 Å². The number of hydrogen-bond donors (Lipinski definition) is 1. The van der Waals surface area contributed by atoms with Gasteiger partial charge in [0.2, 0.25) is 5.91 Å². The fraction of sp³-hybridized carbons (Fsp3) is 0.889. The molecule has 0 radical (unpaired) electrons. The highest BCUT2D eigenvalue weighted by Crippen LogP contribution is 1.98. The van der Waals surface area contributed by atoms with Crippen molar-refractivity contribution in [1.29, 1.82) is 0 Å². The van der Waals surface area contributed by atoms with Crippen molar-refractivity contribution < 1.29 is 4.79 Å². The van der Waals surface area contributed by atoms with Crippen LogP contribution < -0.4 is 5.32 Å². The predicted octanol–water partition coefficient (Wildman–Crippen LogP) is 0.608. The number of rotatable bonds is 3. The topological polar surface area (TPSA) is 32.3 Å². The Morgan fingerprint density at radius 2 is 2.33 bits per heavy atom. The molecule has 0 atom stereocenters. The Morgan fingerprint density at radius 1 is 1.50 bits per heavy atom. The number of nitrogens with one attached hydrogen (secondary N) is 1. The molecule has 0 unspecified atom stereocenters. The largest absolute Gasteiger partial charge is 0.355 e. The molecule has 0 aromatic heterocycles. The molecule has 1 N–H and O–H groups in total. The third-order valence-corrected chi connectivity index (χ3v) is 2.23. The van der Waals surface area contributed by atoms with E-state index in [4.69, 9.17) is 0 Å². The Bertz CT molecular complexity index is 147. The van der Waals surface area contributed by atoms with Gasteiger partial charge < -0.3 is 10.2 Å². The minimum absolute atomic E-state index is 0.203. The minimum Gasteiger partial charge on any atom is -0.355 e. The maximum atomic E-state index is 11.0. The zero-order valence-electron chi connectivity index (χ0n) is 7.81. The van der Waals surface area contributed by atoms with Crippen molar-refractivity contribution in [1.82, 2.24) is 10.2 Å². The first-order valence-corrected chi connectivity index (χ1v) is 4.82. The summed E-state index contributed by atoms with van der Waals surface area (Å²) in [5, 5.41) is 2.87. The van der Waals surface area contributed by atoms with Gasteiger partial charge in [-0.2, -0.15) is 0 Å². The number of carbonyl (C=O) groups is 1. The SMILES string of the molecule is CCCCN1CCNC(=O)CC1. The van der Waals surface area contributed by atoms with Crippen LogP contribution in [0.4, 0.5) is 0 Å². The van der Waals surface area contributed by atoms with Gasteiger partial charge in [0.1, 0.15) is 0 Å². The Balaban J connectivity index is 2.21. The zero-order valence-corrected chi connectivity index (χ0v) is 7.81.